The predicted octanol–water partition coefficient (Wildman–Crippen LogP) is 4.54. The van der Waals surface area contributed by atoms with Crippen LogP contribution in [0.3, 0.4) is 0 Å². The number of hydrogen-bond donors (Lipinski definition) is 2. The zero-order chi connectivity index (χ0) is 27.2. The van der Waals surface area contributed by atoms with Gasteiger partial charge in [0.2, 0.25) is 5.91 Å². The number of aromatic carboxylic acids is 1. The maximum absolute atomic E-state index is 13.5. The fourth-order valence-corrected chi connectivity index (χ4v) is 4.63. The molecule has 0 radical (unpaired) electrons. The highest BCUT2D eigenvalue weighted by atomic mass is 16.5. The summed E-state index contributed by atoms with van der Waals surface area (Å²) in [5.74, 6) is -1.16. The van der Waals surface area contributed by atoms with Crippen molar-refractivity contribution in [3.63, 3.8) is 0 Å². The molecule has 9 heteroatoms. The smallest absolute Gasteiger partial charge is 0.335 e. The first-order valence-electron chi connectivity index (χ1n) is 12.4. The van der Waals surface area contributed by atoms with Gasteiger partial charge in [-0.25, -0.2) is 4.79 Å². The van der Waals surface area contributed by atoms with E-state index in [0.29, 0.717) is 34.7 Å². The molecule has 2 aromatic carbocycles. The van der Waals surface area contributed by atoms with E-state index in [-0.39, 0.29) is 18.1 Å². The molecule has 2 heterocycles. The van der Waals surface area contributed by atoms with Crippen LogP contribution in [0.5, 0.6) is 5.75 Å². The van der Waals surface area contributed by atoms with E-state index in [9.17, 15) is 19.6 Å². The minimum Gasteiger partial charge on any atom is -0.495 e. The van der Waals surface area contributed by atoms with E-state index >= 15 is 0 Å². The zero-order valence-corrected chi connectivity index (χ0v) is 21.3. The number of hydrogen-bond acceptors (Lipinski definition) is 6. The number of rotatable bonds is 8. The highest BCUT2D eigenvalue weighted by Crippen LogP contribution is 2.33. The van der Waals surface area contributed by atoms with Crippen molar-refractivity contribution in [3.8, 4) is 22.9 Å². The number of carboxylic acid groups (broad SMARTS) is 1. The molecule has 1 aliphatic rings. The number of nitrogens with one attached hydrogen (secondary N) is 1. The van der Waals surface area contributed by atoms with Crippen LogP contribution in [0.25, 0.3) is 11.1 Å². The summed E-state index contributed by atoms with van der Waals surface area (Å²) in [5, 5.41) is 21.6. The molecule has 2 atom stereocenters. The second kappa shape index (κ2) is 11.8. The second-order valence-electron chi connectivity index (χ2n) is 9.27. The van der Waals surface area contributed by atoms with E-state index < -0.39 is 23.5 Å². The van der Waals surface area contributed by atoms with Crippen molar-refractivity contribution in [1.29, 1.82) is 5.26 Å². The summed E-state index contributed by atoms with van der Waals surface area (Å²) in [6.07, 6.45) is 4.27. The fourth-order valence-electron chi connectivity index (χ4n) is 4.63. The van der Waals surface area contributed by atoms with Gasteiger partial charge in [0.25, 0.3) is 5.56 Å². The first-order chi connectivity index (χ1) is 18.3. The largest absolute Gasteiger partial charge is 0.495 e. The predicted molar refractivity (Wildman–Crippen MR) is 141 cm³/mol. The molecule has 9 nitrogen and oxygen atoms in total. The third-order valence-electron chi connectivity index (χ3n) is 6.65. The van der Waals surface area contributed by atoms with Crippen LogP contribution in [0.1, 0.15) is 53.2 Å². The third-order valence-corrected chi connectivity index (χ3v) is 6.65. The van der Waals surface area contributed by atoms with Gasteiger partial charge in [-0.1, -0.05) is 11.6 Å². The SMILES string of the molecule is COc1cn(C(CC2CCCCO2)C(=O)Nc2ccc(C(=O)O)cc2)c(=O)cc1-c1cc(C)ccc1C#N. The highest BCUT2D eigenvalue weighted by molar-refractivity contribution is 5.95. The average molecular weight is 516 g/mol. The maximum Gasteiger partial charge on any atom is 0.335 e. The molecule has 1 fully saturated rings. The second-order valence-corrected chi connectivity index (χ2v) is 9.27. The minimum absolute atomic E-state index is 0.0968. The molecule has 3 aromatic rings. The first-order valence-corrected chi connectivity index (χ1v) is 12.4. The molecule has 1 amide bonds. The molecule has 1 saturated heterocycles. The van der Waals surface area contributed by atoms with Crippen LogP contribution >= 0.6 is 0 Å². The zero-order valence-electron chi connectivity index (χ0n) is 21.3. The minimum atomic E-state index is -1.07. The Kier molecular flexibility index (Phi) is 8.24. The number of carbonyl (C=O) groups is 2. The van der Waals surface area contributed by atoms with Gasteiger partial charge in [0.05, 0.1) is 36.6 Å². The molecule has 2 N–H and O–H groups in total. The summed E-state index contributed by atoms with van der Waals surface area (Å²) < 4.78 is 12.8. The molecule has 1 aromatic heterocycles. The molecule has 0 bridgehead atoms. The number of carbonyl (C=O) groups excluding carboxylic acids is 1. The number of aryl methyl sites for hydroxylation is 1. The summed E-state index contributed by atoms with van der Waals surface area (Å²) in [7, 11) is 1.47. The number of methoxy groups -OCH3 is 1. The molecule has 1 aliphatic heterocycles. The monoisotopic (exact) mass is 515 g/mol. The van der Waals surface area contributed by atoms with Crippen molar-refractivity contribution in [2.45, 2.75) is 44.8 Å². The van der Waals surface area contributed by atoms with Crippen LogP contribution in [0.15, 0.2) is 59.5 Å². The summed E-state index contributed by atoms with van der Waals surface area (Å²) in [6.45, 7) is 2.49. The Morgan fingerprint density at radius 2 is 1.95 bits per heavy atom. The van der Waals surface area contributed by atoms with E-state index in [2.05, 4.69) is 11.4 Å². The average Bonchev–Trinajstić information content (AvgIpc) is 2.92. The van der Waals surface area contributed by atoms with Gasteiger partial charge in [-0.2, -0.15) is 5.26 Å². The van der Waals surface area contributed by atoms with Crippen LogP contribution in [-0.4, -0.2) is 41.4 Å². The topological polar surface area (TPSA) is 131 Å². The molecular weight excluding hydrogens is 486 g/mol. The lowest BCUT2D eigenvalue weighted by molar-refractivity contribution is -0.121. The quantitative estimate of drug-likeness (QED) is 0.450. The number of benzene rings is 2. The number of pyridine rings is 1. The van der Waals surface area contributed by atoms with E-state index in [1.54, 1.807) is 6.07 Å². The molecule has 2 unspecified atom stereocenters. The van der Waals surface area contributed by atoms with Crippen molar-refractivity contribution >= 4 is 17.6 Å². The number of carboxylic acids is 1. The number of ether oxygens (including phenoxy) is 2. The van der Waals surface area contributed by atoms with E-state index in [0.717, 1.165) is 24.8 Å². The van der Waals surface area contributed by atoms with Crippen molar-refractivity contribution < 1.29 is 24.2 Å². The maximum atomic E-state index is 13.5. The Labute approximate surface area is 220 Å². The van der Waals surface area contributed by atoms with Gasteiger partial charge in [-0.15, -0.1) is 0 Å². The first kappa shape index (κ1) is 26.6. The lowest BCUT2D eigenvalue weighted by Gasteiger charge is -2.28. The summed E-state index contributed by atoms with van der Waals surface area (Å²) in [5.41, 5.74) is 2.44. The van der Waals surface area contributed by atoms with Crippen molar-refractivity contribution in [2.75, 3.05) is 19.0 Å². The fraction of sp³-hybridized carbons (Fsp3) is 0.310. The lowest BCUT2D eigenvalue weighted by Crippen LogP contribution is -2.36. The molecule has 4 rings (SSSR count). The molecular formula is C29H29N3O6. The number of amides is 1. The van der Waals surface area contributed by atoms with Gasteiger partial charge >= 0.3 is 5.97 Å². The summed E-state index contributed by atoms with van der Waals surface area (Å²) >= 11 is 0. The Morgan fingerprint density at radius 1 is 1.18 bits per heavy atom. The van der Waals surface area contributed by atoms with Crippen LogP contribution in [0.2, 0.25) is 0 Å². The van der Waals surface area contributed by atoms with Gasteiger partial charge in [-0.05, 0) is 62.6 Å². The summed E-state index contributed by atoms with van der Waals surface area (Å²) in [6, 6.07) is 13.8. The van der Waals surface area contributed by atoms with Crippen molar-refractivity contribution in [1.82, 2.24) is 4.57 Å². The molecule has 196 valence electrons. The lowest BCUT2D eigenvalue weighted by atomic mass is 9.97. The molecule has 0 spiro atoms. The molecule has 0 saturated carbocycles. The number of nitriles is 1. The Bertz CT molecular complexity index is 1430. The van der Waals surface area contributed by atoms with Crippen LogP contribution in [-0.2, 0) is 9.53 Å². The van der Waals surface area contributed by atoms with Crippen LogP contribution in [0, 0.1) is 18.3 Å². The Balaban J connectivity index is 1.73. The van der Waals surface area contributed by atoms with Crippen molar-refractivity contribution in [3.05, 3.63) is 81.8 Å². The van der Waals surface area contributed by atoms with Gasteiger partial charge in [0.15, 0.2) is 0 Å². The number of aromatic nitrogens is 1. The number of nitrogens with zero attached hydrogens (tertiary/aromatic N) is 2. The van der Waals surface area contributed by atoms with E-state index in [1.165, 1.54) is 48.2 Å². The van der Waals surface area contributed by atoms with E-state index in [4.69, 9.17) is 14.6 Å². The van der Waals surface area contributed by atoms with Gasteiger partial charge in [0.1, 0.15) is 11.8 Å². The molecule has 38 heavy (non-hydrogen) atoms. The van der Waals surface area contributed by atoms with Crippen LogP contribution in [0.4, 0.5) is 5.69 Å². The standard InChI is InChI=1S/C29H29N3O6/c1-18-6-7-20(16-30)23(13-18)24-15-27(33)32(17-26(24)37-2)25(14-22-5-3-4-12-38-22)28(34)31-21-10-8-19(9-11-21)29(35)36/h6-11,13,15,17,22,25H,3-5,12,14H2,1-2H3,(H,31,34)(H,35,36). The normalized spacial score (nSPS) is 15.8. The van der Waals surface area contributed by atoms with Gasteiger partial charge < -0.3 is 19.9 Å². The third kappa shape index (κ3) is 5.93. The summed E-state index contributed by atoms with van der Waals surface area (Å²) in [4.78, 5) is 38.2. The van der Waals surface area contributed by atoms with Crippen molar-refractivity contribution in [2.24, 2.45) is 0 Å². The van der Waals surface area contributed by atoms with E-state index in [1.807, 2.05) is 19.1 Å². The number of anilines is 1. The highest BCUT2D eigenvalue weighted by Gasteiger charge is 2.29. The Morgan fingerprint density at radius 3 is 2.58 bits per heavy atom. The molecule has 0 aliphatic carbocycles. The van der Waals surface area contributed by atoms with Crippen LogP contribution < -0.4 is 15.6 Å². The van der Waals surface area contributed by atoms with Gasteiger partial charge in [-0.3, -0.25) is 14.2 Å². The van der Waals surface area contributed by atoms with Gasteiger partial charge in [0, 0.05) is 35.9 Å². The Hall–Kier alpha value is -4.42.